The first kappa shape index (κ1) is 12.5. The summed E-state index contributed by atoms with van der Waals surface area (Å²) in [6.45, 7) is 4.88. The number of anilines is 1. The Morgan fingerprint density at radius 1 is 1.06 bits per heavy atom. The minimum absolute atomic E-state index is 0.647. The molecule has 2 aliphatic heterocycles. The number of hydrogen-bond acceptors (Lipinski definition) is 2. The number of rotatable bonds is 1. The third-order valence-electron chi connectivity index (χ3n) is 4.66. The highest BCUT2D eigenvalue weighted by molar-refractivity contribution is 9.10. The SMILES string of the molecule is Brc1cccc(N2CCC3(CCNCC3)CC2)c1. The fourth-order valence-corrected chi connectivity index (χ4v) is 3.76. The average Bonchev–Trinajstić information content (AvgIpc) is 2.40. The summed E-state index contributed by atoms with van der Waals surface area (Å²) in [7, 11) is 0. The molecule has 0 unspecified atom stereocenters. The number of nitrogens with zero attached hydrogens (tertiary/aromatic N) is 1. The van der Waals surface area contributed by atoms with Crippen LogP contribution in [0.3, 0.4) is 0 Å². The third kappa shape index (κ3) is 2.57. The number of benzene rings is 1. The van der Waals surface area contributed by atoms with Crippen LogP contribution in [0.25, 0.3) is 0 Å². The van der Waals surface area contributed by atoms with Gasteiger partial charge in [0.2, 0.25) is 0 Å². The number of nitrogens with one attached hydrogen (secondary N) is 1. The van der Waals surface area contributed by atoms with E-state index in [2.05, 4.69) is 50.4 Å². The zero-order valence-corrected chi connectivity index (χ0v) is 12.4. The zero-order chi connectivity index (χ0) is 12.4. The molecule has 2 fully saturated rings. The topological polar surface area (TPSA) is 15.3 Å². The van der Waals surface area contributed by atoms with E-state index in [0.717, 1.165) is 0 Å². The van der Waals surface area contributed by atoms with Crippen molar-refractivity contribution in [2.75, 3.05) is 31.1 Å². The first-order valence-corrected chi connectivity index (χ1v) is 7.78. The van der Waals surface area contributed by atoms with Gasteiger partial charge < -0.3 is 10.2 Å². The fourth-order valence-electron chi connectivity index (χ4n) is 3.37. The molecule has 0 aromatic heterocycles. The van der Waals surface area contributed by atoms with Gasteiger partial charge >= 0.3 is 0 Å². The van der Waals surface area contributed by atoms with Crippen molar-refractivity contribution in [1.82, 2.24) is 5.32 Å². The first-order chi connectivity index (χ1) is 8.77. The maximum atomic E-state index is 3.56. The van der Waals surface area contributed by atoms with Gasteiger partial charge in [-0.25, -0.2) is 0 Å². The predicted molar refractivity (Wildman–Crippen MR) is 80.1 cm³/mol. The molecule has 0 aliphatic carbocycles. The van der Waals surface area contributed by atoms with Gasteiger partial charge in [-0.15, -0.1) is 0 Å². The molecule has 1 aromatic rings. The molecule has 3 rings (SSSR count). The largest absolute Gasteiger partial charge is 0.371 e. The Kier molecular flexibility index (Phi) is 3.62. The van der Waals surface area contributed by atoms with E-state index in [-0.39, 0.29) is 0 Å². The molecule has 2 aliphatic rings. The van der Waals surface area contributed by atoms with Crippen LogP contribution < -0.4 is 10.2 Å². The molecule has 98 valence electrons. The van der Waals surface area contributed by atoms with E-state index in [0.29, 0.717) is 5.41 Å². The molecule has 2 heterocycles. The molecule has 0 atom stereocenters. The van der Waals surface area contributed by atoms with Gasteiger partial charge in [0.05, 0.1) is 0 Å². The van der Waals surface area contributed by atoms with Crippen molar-refractivity contribution in [3.8, 4) is 0 Å². The fraction of sp³-hybridized carbons (Fsp3) is 0.600. The number of halogens is 1. The molecule has 1 aromatic carbocycles. The van der Waals surface area contributed by atoms with Crippen LogP contribution in [0.2, 0.25) is 0 Å². The van der Waals surface area contributed by atoms with Gasteiger partial charge in [0.1, 0.15) is 0 Å². The average molecular weight is 309 g/mol. The summed E-state index contributed by atoms with van der Waals surface area (Å²) in [6, 6.07) is 8.70. The Balaban J connectivity index is 1.66. The molecule has 1 spiro atoms. The molecular weight excluding hydrogens is 288 g/mol. The van der Waals surface area contributed by atoms with Crippen LogP contribution >= 0.6 is 15.9 Å². The second-order valence-electron chi connectivity index (χ2n) is 5.72. The molecule has 0 amide bonds. The Hall–Kier alpha value is -0.540. The Morgan fingerprint density at radius 2 is 1.78 bits per heavy atom. The van der Waals surface area contributed by atoms with Crippen molar-refractivity contribution < 1.29 is 0 Å². The molecular formula is C15H21BrN2. The Bertz CT molecular complexity index is 403. The van der Waals surface area contributed by atoms with E-state index in [1.807, 2.05) is 0 Å². The molecule has 1 N–H and O–H groups in total. The van der Waals surface area contributed by atoms with Crippen molar-refractivity contribution in [2.24, 2.45) is 5.41 Å². The molecule has 18 heavy (non-hydrogen) atoms. The van der Waals surface area contributed by atoms with E-state index < -0.39 is 0 Å². The van der Waals surface area contributed by atoms with E-state index in [1.165, 1.54) is 62.0 Å². The molecule has 0 bridgehead atoms. The second kappa shape index (κ2) is 5.22. The summed E-state index contributed by atoms with van der Waals surface area (Å²) >= 11 is 3.56. The number of piperidine rings is 2. The maximum Gasteiger partial charge on any atom is 0.0377 e. The smallest absolute Gasteiger partial charge is 0.0377 e. The quantitative estimate of drug-likeness (QED) is 0.855. The highest BCUT2D eigenvalue weighted by atomic mass is 79.9. The van der Waals surface area contributed by atoms with Crippen molar-refractivity contribution in [2.45, 2.75) is 25.7 Å². The van der Waals surface area contributed by atoms with Crippen molar-refractivity contribution in [3.63, 3.8) is 0 Å². The molecule has 2 saturated heterocycles. The van der Waals surface area contributed by atoms with E-state index >= 15 is 0 Å². The molecule has 3 heteroatoms. The monoisotopic (exact) mass is 308 g/mol. The van der Waals surface area contributed by atoms with Gasteiger partial charge in [-0.2, -0.15) is 0 Å². The van der Waals surface area contributed by atoms with E-state index in [9.17, 15) is 0 Å². The van der Waals surface area contributed by atoms with E-state index in [4.69, 9.17) is 0 Å². The standard InChI is InChI=1S/C15H21BrN2/c16-13-2-1-3-14(12-13)18-10-6-15(7-11-18)4-8-17-9-5-15/h1-3,12,17H,4-11H2. The zero-order valence-electron chi connectivity index (χ0n) is 10.8. The van der Waals surface area contributed by atoms with Gasteiger partial charge in [-0.3, -0.25) is 0 Å². The van der Waals surface area contributed by atoms with Gasteiger partial charge in [-0.05, 0) is 62.4 Å². The normalized spacial score (nSPS) is 23.3. The lowest BCUT2D eigenvalue weighted by Crippen LogP contribution is -2.45. The van der Waals surface area contributed by atoms with Gasteiger partial charge in [-0.1, -0.05) is 22.0 Å². The van der Waals surface area contributed by atoms with Gasteiger partial charge in [0.15, 0.2) is 0 Å². The van der Waals surface area contributed by atoms with Crippen LogP contribution in [-0.2, 0) is 0 Å². The summed E-state index contributed by atoms with van der Waals surface area (Å²) < 4.78 is 1.18. The summed E-state index contributed by atoms with van der Waals surface area (Å²) in [4.78, 5) is 2.54. The second-order valence-corrected chi connectivity index (χ2v) is 6.63. The molecule has 0 saturated carbocycles. The van der Waals surface area contributed by atoms with Gasteiger partial charge in [0, 0.05) is 23.2 Å². The summed E-state index contributed by atoms with van der Waals surface area (Å²) in [5, 5.41) is 3.49. The Labute approximate surface area is 118 Å². The van der Waals surface area contributed by atoms with Gasteiger partial charge in [0.25, 0.3) is 0 Å². The minimum Gasteiger partial charge on any atom is -0.371 e. The first-order valence-electron chi connectivity index (χ1n) is 6.99. The highest BCUT2D eigenvalue weighted by Gasteiger charge is 2.35. The third-order valence-corrected chi connectivity index (χ3v) is 5.15. The lowest BCUT2D eigenvalue weighted by atomic mass is 9.71. The Morgan fingerprint density at radius 3 is 2.44 bits per heavy atom. The summed E-state index contributed by atoms with van der Waals surface area (Å²) in [5.41, 5.74) is 2.02. The number of hydrogen-bond donors (Lipinski definition) is 1. The van der Waals surface area contributed by atoms with Crippen LogP contribution in [0.5, 0.6) is 0 Å². The van der Waals surface area contributed by atoms with Crippen molar-refractivity contribution >= 4 is 21.6 Å². The van der Waals surface area contributed by atoms with Crippen LogP contribution in [0.4, 0.5) is 5.69 Å². The minimum atomic E-state index is 0.647. The van der Waals surface area contributed by atoms with Crippen molar-refractivity contribution in [1.29, 1.82) is 0 Å². The highest BCUT2D eigenvalue weighted by Crippen LogP contribution is 2.40. The van der Waals surface area contributed by atoms with Crippen molar-refractivity contribution in [3.05, 3.63) is 28.7 Å². The van der Waals surface area contributed by atoms with Crippen LogP contribution in [0, 0.1) is 5.41 Å². The summed E-state index contributed by atoms with van der Waals surface area (Å²) in [6.07, 6.45) is 5.47. The summed E-state index contributed by atoms with van der Waals surface area (Å²) in [5.74, 6) is 0. The maximum absolute atomic E-state index is 3.56. The molecule has 2 nitrogen and oxygen atoms in total. The predicted octanol–water partition coefficient (Wildman–Crippen LogP) is 3.42. The van der Waals surface area contributed by atoms with Crippen LogP contribution in [-0.4, -0.2) is 26.2 Å². The lowest BCUT2D eigenvalue weighted by Gasteiger charge is -2.45. The van der Waals surface area contributed by atoms with Crippen LogP contribution in [0.1, 0.15) is 25.7 Å². The lowest BCUT2D eigenvalue weighted by molar-refractivity contribution is 0.155. The van der Waals surface area contributed by atoms with E-state index in [1.54, 1.807) is 0 Å². The molecule has 0 radical (unpaired) electrons. The van der Waals surface area contributed by atoms with Crippen LogP contribution in [0.15, 0.2) is 28.7 Å².